The van der Waals surface area contributed by atoms with Crippen LogP contribution in [-0.4, -0.2) is 19.5 Å². The molecule has 0 atom stereocenters. The first-order valence-electron chi connectivity index (χ1n) is 8.34. The summed E-state index contributed by atoms with van der Waals surface area (Å²) in [5.74, 6) is 0. The van der Waals surface area contributed by atoms with E-state index in [-0.39, 0.29) is 17.3 Å². The Morgan fingerprint density at radius 2 is 1.74 bits per heavy atom. The second-order valence-corrected chi connectivity index (χ2v) is 6.11. The smallest absolute Gasteiger partial charge is 0.311 e. The molecule has 6 heteroatoms. The predicted molar refractivity (Wildman–Crippen MR) is 87.5 cm³/mol. The van der Waals surface area contributed by atoms with Gasteiger partial charge in [0.15, 0.2) is 0 Å². The lowest BCUT2D eigenvalue weighted by molar-refractivity contribution is 0.335. The van der Waals surface area contributed by atoms with Crippen molar-refractivity contribution >= 4 is 0 Å². The van der Waals surface area contributed by atoms with Crippen LogP contribution in [0.1, 0.15) is 55.8 Å². The van der Waals surface area contributed by atoms with E-state index in [4.69, 9.17) is 0 Å². The van der Waals surface area contributed by atoms with E-state index in [0.29, 0.717) is 0 Å². The summed E-state index contributed by atoms with van der Waals surface area (Å²) in [6.07, 6.45) is 13.0. The zero-order valence-electron chi connectivity index (χ0n) is 13.2. The number of hydrogen-bond donors (Lipinski definition) is 1. The Morgan fingerprint density at radius 3 is 2.35 bits per heavy atom. The SMILES string of the molecule is O=c1[nH]c2c(c(=O)n1C1CCCCC1)CCC2.c1cncnc1. The number of fused-ring (bicyclic) bond motifs is 1. The van der Waals surface area contributed by atoms with Gasteiger partial charge in [0.2, 0.25) is 0 Å². The highest BCUT2D eigenvalue weighted by molar-refractivity contribution is 5.22. The molecule has 2 aliphatic rings. The molecule has 0 saturated heterocycles. The summed E-state index contributed by atoms with van der Waals surface area (Å²) in [6.45, 7) is 0. The molecule has 4 rings (SSSR count). The molecule has 2 aliphatic carbocycles. The highest BCUT2D eigenvalue weighted by Gasteiger charge is 2.23. The van der Waals surface area contributed by atoms with E-state index in [1.54, 1.807) is 18.5 Å². The zero-order chi connectivity index (χ0) is 16.1. The lowest BCUT2D eigenvalue weighted by Crippen LogP contribution is -2.40. The highest BCUT2D eigenvalue weighted by atomic mass is 16.2. The standard InChI is InChI=1S/C13H18N2O2.C4H4N2/c16-12-10-7-4-8-11(10)14-13(17)15(12)9-5-2-1-3-6-9;1-2-5-4-6-3-1/h9H,1-8H2,(H,14,17);1-4H. The van der Waals surface area contributed by atoms with Crippen molar-refractivity contribution in [3.63, 3.8) is 0 Å². The van der Waals surface area contributed by atoms with E-state index in [2.05, 4.69) is 15.0 Å². The average molecular weight is 314 g/mol. The fourth-order valence-electron chi connectivity index (χ4n) is 3.47. The molecule has 122 valence electrons. The van der Waals surface area contributed by atoms with Crippen molar-refractivity contribution in [2.45, 2.75) is 57.4 Å². The van der Waals surface area contributed by atoms with Gasteiger partial charge in [0, 0.05) is 29.7 Å². The van der Waals surface area contributed by atoms with E-state index in [9.17, 15) is 9.59 Å². The third-order valence-corrected chi connectivity index (χ3v) is 4.59. The van der Waals surface area contributed by atoms with Crippen LogP contribution in [-0.2, 0) is 12.8 Å². The normalized spacial score (nSPS) is 17.2. The molecule has 2 aromatic rings. The summed E-state index contributed by atoms with van der Waals surface area (Å²) in [4.78, 5) is 34.6. The van der Waals surface area contributed by atoms with Gasteiger partial charge in [-0.1, -0.05) is 19.3 Å². The molecule has 2 heterocycles. The van der Waals surface area contributed by atoms with Crippen LogP contribution in [0.5, 0.6) is 0 Å². The van der Waals surface area contributed by atoms with Crippen molar-refractivity contribution in [2.75, 3.05) is 0 Å². The van der Waals surface area contributed by atoms with Gasteiger partial charge in [0.05, 0.1) is 0 Å². The van der Waals surface area contributed by atoms with Crippen LogP contribution < -0.4 is 11.2 Å². The molecule has 0 amide bonds. The highest BCUT2D eigenvalue weighted by Crippen LogP contribution is 2.26. The summed E-state index contributed by atoms with van der Waals surface area (Å²) >= 11 is 0. The average Bonchev–Trinajstić information content (AvgIpc) is 3.07. The van der Waals surface area contributed by atoms with Crippen molar-refractivity contribution in [1.29, 1.82) is 0 Å². The van der Waals surface area contributed by atoms with Gasteiger partial charge in [-0.05, 0) is 38.2 Å². The number of nitrogens with zero attached hydrogens (tertiary/aromatic N) is 3. The van der Waals surface area contributed by atoms with Gasteiger partial charge in [0.1, 0.15) is 6.33 Å². The molecule has 23 heavy (non-hydrogen) atoms. The van der Waals surface area contributed by atoms with E-state index in [1.807, 2.05) is 0 Å². The maximum Gasteiger partial charge on any atom is 0.328 e. The molecule has 0 bridgehead atoms. The second-order valence-electron chi connectivity index (χ2n) is 6.11. The molecular formula is C17H22N4O2. The lowest BCUT2D eigenvalue weighted by atomic mass is 9.95. The molecule has 0 aromatic carbocycles. The summed E-state index contributed by atoms with van der Waals surface area (Å²) < 4.78 is 1.49. The minimum atomic E-state index is -0.192. The van der Waals surface area contributed by atoms with Crippen LogP contribution in [0.4, 0.5) is 0 Å². The van der Waals surface area contributed by atoms with Crippen molar-refractivity contribution in [3.8, 4) is 0 Å². The van der Waals surface area contributed by atoms with Crippen LogP contribution in [0.25, 0.3) is 0 Å². The summed E-state index contributed by atoms with van der Waals surface area (Å²) in [5, 5.41) is 0. The van der Waals surface area contributed by atoms with E-state index < -0.39 is 0 Å². The lowest BCUT2D eigenvalue weighted by Gasteiger charge is -2.23. The monoisotopic (exact) mass is 314 g/mol. The summed E-state index contributed by atoms with van der Waals surface area (Å²) in [7, 11) is 0. The Labute approximate surface area is 134 Å². The van der Waals surface area contributed by atoms with Crippen LogP contribution in [0.15, 0.2) is 34.4 Å². The fourth-order valence-corrected chi connectivity index (χ4v) is 3.47. The van der Waals surface area contributed by atoms with Crippen molar-refractivity contribution in [3.05, 3.63) is 56.9 Å². The maximum absolute atomic E-state index is 12.3. The van der Waals surface area contributed by atoms with Crippen LogP contribution >= 0.6 is 0 Å². The molecule has 0 unspecified atom stereocenters. The number of aryl methyl sites for hydroxylation is 1. The third-order valence-electron chi connectivity index (χ3n) is 4.59. The Hall–Kier alpha value is -2.24. The Morgan fingerprint density at radius 1 is 1.00 bits per heavy atom. The minimum absolute atomic E-state index is 0.0202. The van der Waals surface area contributed by atoms with Crippen molar-refractivity contribution < 1.29 is 0 Å². The third kappa shape index (κ3) is 3.57. The van der Waals surface area contributed by atoms with E-state index in [0.717, 1.165) is 56.2 Å². The molecule has 6 nitrogen and oxygen atoms in total. The number of aromatic amines is 1. The maximum atomic E-state index is 12.3. The summed E-state index contributed by atoms with van der Waals surface area (Å²) in [5.41, 5.74) is 1.53. The Kier molecular flexibility index (Phi) is 5.00. The number of hydrogen-bond acceptors (Lipinski definition) is 4. The first kappa shape index (κ1) is 15.6. The molecule has 1 fully saturated rings. The van der Waals surface area contributed by atoms with Crippen LogP contribution in [0, 0.1) is 0 Å². The second kappa shape index (κ2) is 7.35. The van der Waals surface area contributed by atoms with Gasteiger partial charge in [0.25, 0.3) is 5.56 Å². The van der Waals surface area contributed by atoms with Crippen molar-refractivity contribution in [2.24, 2.45) is 0 Å². The molecule has 0 spiro atoms. The van der Waals surface area contributed by atoms with Gasteiger partial charge < -0.3 is 4.98 Å². The first-order chi connectivity index (χ1) is 11.3. The number of H-pyrrole nitrogens is 1. The van der Waals surface area contributed by atoms with E-state index >= 15 is 0 Å². The quantitative estimate of drug-likeness (QED) is 0.873. The van der Waals surface area contributed by atoms with Gasteiger partial charge in [-0.3, -0.25) is 9.36 Å². The van der Waals surface area contributed by atoms with Gasteiger partial charge in [-0.2, -0.15) is 0 Å². The molecule has 2 aromatic heterocycles. The van der Waals surface area contributed by atoms with Crippen molar-refractivity contribution in [1.82, 2.24) is 19.5 Å². The minimum Gasteiger partial charge on any atom is -0.311 e. The molecular weight excluding hydrogens is 292 g/mol. The molecule has 0 aliphatic heterocycles. The van der Waals surface area contributed by atoms with Gasteiger partial charge in [-0.25, -0.2) is 14.8 Å². The van der Waals surface area contributed by atoms with Crippen LogP contribution in [0.3, 0.4) is 0 Å². The Bertz CT molecular complexity index is 719. The van der Waals surface area contributed by atoms with Gasteiger partial charge in [-0.15, -0.1) is 0 Å². The fraction of sp³-hybridized carbons (Fsp3) is 0.529. The predicted octanol–water partition coefficient (Wildman–Crippen LogP) is 2.01. The Balaban J connectivity index is 0.000000220. The molecule has 1 N–H and O–H groups in total. The largest absolute Gasteiger partial charge is 0.328 e. The van der Waals surface area contributed by atoms with E-state index in [1.165, 1.54) is 17.3 Å². The number of rotatable bonds is 1. The molecule has 1 saturated carbocycles. The van der Waals surface area contributed by atoms with Gasteiger partial charge >= 0.3 is 5.69 Å². The summed E-state index contributed by atoms with van der Waals surface area (Å²) in [6, 6.07) is 1.91. The zero-order valence-corrected chi connectivity index (χ0v) is 13.2. The number of nitrogens with one attached hydrogen (secondary N) is 1. The first-order valence-corrected chi connectivity index (χ1v) is 8.34. The molecule has 0 radical (unpaired) electrons. The van der Waals surface area contributed by atoms with Crippen LogP contribution in [0.2, 0.25) is 0 Å². The topological polar surface area (TPSA) is 80.6 Å². The number of aromatic nitrogens is 4.